The number of ether oxygens (including phenoxy) is 1. The largest absolute Gasteiger partial charge is 0.497 e. The number of carbonyl (C=O) groups is 1. The molecule has 5 rings (SSSR count). The maximum atomic E-state index is 13.2. The number of aromatic nitrogens is 2. The van der Waals surface area contributed by atoms with Gasteiger partial charge in [0.25, 0.3) is 0 Å². The van der Waals surface area contributed by atoms with Crippen LogP contribution in [0.5, 0.6) is 5.75 Å². The monoisotopic (exact) mass is 509 g/mol. The molecule has 1 atom stereocenters. The summed E-state index contributed by atoms with van der Waals surface area (Å²) < 4.78 is 7.56. The van der Waals surface area contributed by atoms with Crippen LogP contribution in [-0.4, -0.2) is 22.6 Å². The Labute approximate surface area is 221 Å². The van der Waals surface area contributed by atoms with Crippen LogP contribution < -0.4 is 10.1 Å². The molecule has 1 amide bonds. The molecule has 2 aromatic heterocycles. The summed E-state index contributed by atoms with van der Waals surface area (Å²) in [6, 6.07) is 28.1. The van der Waals surface area contributed by atoms with Gasteiger partial charge in [-0.1, -0.05) is 54.1 Å². The van der Waals surface area contributed by atoms with Gasteiger partial charge in [-0.2, -0.15) is 0 Å². The second-order valence-electron chi connectivity index (χ2n) is 9.02. The van der Waals surface area contributed by atoms with Crippen LogP contribution in [0.25, 0.3) is 10.9 Å². The van der Waals surface area contributed by atoms with Crippen LogP contribution in [0.1, 0.15) is 34.6 Å². The minimum atomic E-state index is -0.154. The number of fused-ring (bicyclic) bond motifs is 1. The van der Waals surface area contributed by atoms with Crippen LogP contribution in [0.2, 0.25) is 5.02 Å². The van der Waals surface area contributed by atoms with E-state index in [1.807, 2.05) is 60.7 Å². The lowest BCUT2D eigenvalue weighted by molar-refractivity contribution is -0.121. The Hall–Kier alpha value is -4.09. The zero-order chi connectivity index (χ0) is 25.6. The van der Waals surface area contributed by atoms with Crippen LogP contribution in [0.3, 0.4) is 0 Å². The molecule has 0 aliphatic rings. The van der Waals surface area contributed by atoms with Crippen molar-refractivity contribution in [2.45, 2.75) is 25.4 Å². The molecule has 0 aliphatic carbocycles. The molecule has 0 bridgehead atoms. The Bertz CT molecular complexity index is 1500. The molecule has 37 heavy (non-hydrogen) atoms. The van der Waals surface area contributed by atoms with Crippen molar-refractivity contribution < 1.29 is 9.53 Å². The van der Waals surface area contributed by atoms with Crippen molar-refractivity contribution in [3.8, 4) is 5.75 Å². The van der Waals surface area contributed by atoms with Crippen molar-refractivity contribution in [1.29, 1.82) is 0 Å². The Morgan fingerprint density at radius 2 is 1.76 bits per heavy atom. The molecule has 5 nitrogen and oxygen atoms in total. The fourth-order valence-corrected chi connectivity index (χ4v) is 4.90. The van der Waals surface area contributed by atoms with E-state index in [2.05, 4.69) is 45.3 Å². The van der Waals surface area contributed by atoms with Gasteiger partial charge in [0, 0.05) is 59.9 Å². The summed E-state index contributed by atoms with van der Waals surface area (Å²) in [5.41, 5.74) is 5.42. The van der Waals surface area contributed by atoms with Crippen LogP contribution >= 0.6 is 11.6 Å². The highest BCUT2D eigenvalue weighted by Gasteiger charge is 2.23. The minimum Gasteiger partial charge on any atom is -0.497 e. The van der Waals surface area contributed by atoms with E-state index < -0.39 is 0 Å². The average molecular weight is 510 g/mol. The molecule has 1 N–H and O–H groups in total. The first-order valence-electron chi connectivity index (χ1n) is 12.2. The van der Waals surface area contributed by atoms with Gasteiger partial charge >= 0.3 is 0 Å². The smallest absolute Gasteiger partial charge is 0.221 e. The van der Waals surface area contributed by atoms with Gasteiger partial charge in [-0.25, -0.2) is 0 Å². The maximum absolute atomic E-state index is 13.2. The number of benzene rings is 3. The minimum absolute atomic E-state index is 0.0197. The Morgan fingerprint density at radius 1 is 0.973 bits per heavy atom. The summed E-state index contributed by atoms with van der Waals surface area (Å²) in [5, 5.41) is 4.85. The fraction of sp³-hybridized carbons (Fsp3) is 0.161. The number of hydrogen-bond acceptors (Lipinski definition) is 3. The molecule has 0 saturated carbocycles. The summed E-state index contributed by atoms with van der Waals surface area (Å²) in [6.07, 6.45) is 5.94. The standard InChI is InChI=1S/C31H28ClN3O2/c1-37-26-11-9-23(10-12-26)20-35-21-29(27-7-2-3-8-30(27)35)28(24-5-4-6-25(32)17-24)18-31(36)34-19-22-13-15-33-16-14-22/h2-17,21,28H,18-20H2,1H3,(H,34,36). The fourth-order valence-electron chi connectivity index (χ4n) is 4.70. The van der Waals surface area contributed by atoms with Crippen LogP contribution in [0, 0.1) is 0 Å². The molecule has 0 spiro atoms. The van der Waals surface area contributed by atoms with E-state index in [0.29, 0.717) is 24.5 Å². The van der Waals surface area contributed by atoms with Crippen molar-refractivity contribution >= 4 is 28.4 Å². The first kappa shape index (κ1) is 24.6. The van der Waals surface area contributed by atoms with Gasteiger partial charge in [0.1, 0.15) is 5.75 Å². The van der Waals surface area contributed by atoms with Gasteiger partial charge in [-0.05, 0) is 64.7 Å². The van der Waals surface area contributed by atoms with E-state index in [1.54, 1.807) is 19.5 Å². The molecule has 3 aromatic carbocycles. The van der Waals surface area contributed by atoms with Gasteiger partial charge in [-0.15, -0.1) is 0 Å². The van der Waals surface area contributed by atoms with Crippen molar-refractivity contribution in [2.24, 2.45) is 0 Å². The van der Waals surface area contributed by atoms with Crippen LogP contribution in [-0.2, 0) is 17.9 Å². The molecule has 1 unspecified atom stereocenters. The molecule has 0 aliphatic heterocycles. The number of nitrogens with zero attached hydrogens (tertiary/aromatic N) is 2. The predicted molar refractivity (Wildman–Crippen MR) is 148 cm³/mol. The first-order chi connectivity index (χ1) is 18.1. The zero-order valence-electron chi connectivity index (χ0n) is 20.6. The summed E-state index contributed by atoms with van der Waals surface area (Å²) in [4.78, 5) is 17.2. The van der Waals surface area contributed by atoms with Crippen LogP contribution in [0.15, 0.2) is 104 Å². The van der Waals surface area contributed by atoms with Gasteiger partial charge in [0.2, 0.25) is 5.91 Å². The molecular weight excluding hydrogens is 482 g/mol. The Kier molecular flexibility index (Phi) is 7.52. The van der Waals surface area contributed by atoms with Gasteiger partial charge < -0.3 is 14.6 Å². The molecule has 5 aromatic rings. The summed E-state index contributed by atoms with van der Waals surface area (Å²) in [7, 11) is 1.67. The number of carbonyl (C=O) groups excluding carboxylic acids is 1. The van der Waals surface area contributed by atoms with E-state index in [-0.39, 0.29) is 11.8 Å². The number of methoxy groups -OCH3 is 1. The van der Waals surface area contributed by atoms with E-state index >= 15 is 0 Å². The van der Waals surface area contributed by atoms with Gasteiger partial charge in [0.05, 0.1) is 7.11 Å². The number of para-hydroxylation sites is 1. The summed E-state index contributed by atoms with van der Waals surface area (Å²) in [6.45, 7) is 1.17. The number of pyridine rings is 1. The van der Waals surface area contributed by atoms with Crippen molar-refractivity contribution in [3.63, 3.8) is 0 Å². The van der Waals surface area contributed by atoms with E-state index in [9.17, 15) is 4.79 Å². The third-order valence-electron chi connectivity index (χ3n) is 6.59. The van der Waals surface area contributed by atoms with E-state index in [1.165, 1.54) is 5.56 Å². The Balaban J connectivity index is 1.48. The van der Waals surface area contributed by atoms with Crippen molar-refractivity contribution in [2.75, 3.05) is 7.11 Å². The number of hydrogen-bond donors (Lipinski definition) is 1. The van der Waals surface area contributed by atoms with Crippen molar-refractivity contribution in [3.05, 3.63) is 131 Å². The van der Waals surface area contributed by atoms with E-state index in [0.717, 1.165) is 33.3 Å². The lowest BCUT2D eigenvalue weighted by Gasteiger charge is -2.18. The Morgan fingerprint density at radius 3 is 2.51 bits per heavy atom. The van der Waals surface area contributed by atoms with Crippen LogP contribution in [0.4, 0.5) is 0 Å². The molecule has 2 heterocycles. The predicted octanol–water partition coefficient (Wildman–Crippen LogP) is 6.59. The quantitative estimate of drug-likeness (QED) is 0.244. The normalized spacial score (nSPS) is 11.8. The highest BCUT2D eigenvalue weighted by molar-refractivity contribution is 6.30. The maximum Gasteiger partial charge on any atom is 0.221 e. The van der Waals surface area contributed by atoms with Gasteiger partial charge in [0.15, 0.2) is 0 Å². The molecular formula is C31H28ClN3O2. The number of amides is 1. The highest BCUT2D eigenvalue weighted by Crippen LogP contribution is 2.36. The average Bonchev–Trinajstić information content (AvgIpc) is 3.29. The molecule has 186 valence electrons. The first-order valence-corrected chi connectivity index (χ1v) is 12.6. The third kappa shape index (κ3) is 5.84. The zero-order valence-corrected chi connectivity index (χ0v) is 21.4. The second-order valence-corrected chi connectivity index (χ2v) is 9.46. The SMILES string of the molecule is COc1ccc(Cn2cc(C(CC(=O)NCc3ccncc3)c3cccc(Cl)c3)c3ccccc32)cc1. The third-order valence-corrected chi connectivity index (χ3v) is 6.82. The van der Waals surface area contributed by atoms with E-state index in [4.69, 9.17) is 16.3 Å². The number of rotatable bonds is 9. The highest BCUT2D eigenvalue weighted by atomic mass is 35.5. The lowest BCUT2D eigenvalue weighted by Crippen LogP contribution is -2.25. The number of nitrogens with one attached hydrogen (secondary N) is 1. The summed E-state index contributed by atoms with van der Waals surface area (Å²) in [5.74, 6) is 0.660. The van der Waals surface area contributed by atoms with Gasteiger partial charge in [-0.3, -0.25) is 9.78 Å². The second kappa shape index (κ2) is 11.3. The molecule has 0 saturated heterocycles. The van der Waals surface area contributed by atoms with Crippen molar-refractivity contribution in [1.82, 2.24) is 14.9 Å². The molecule has 6 heteroatoms. The summed E-state index contributed by atoms with van der Waals surface area (Å²) >= 11 is 6.39. The lowest BCUT2D eigenvalue weighted by atomic mass is 9.88. The topological polar surface area (TPSA) is 56.1 Å². The number of halogens is 1. The molecule has 0 fully saturated rings. The molecule has 0 radical (unpaired) electrons.